The van der Waals surface area contributed by atoms with Crippen LogP contribution in [0.5, 0.6) is 0 Å². The summed E-state index contributed by atoms with van der Waals surface area (Å²) in [4.78, 5) is 42.6. The molecule has 1 atom stereocenters. The summed E-state index contributed by atoms with van der Waals surface area (Å²) in [6, 6.07) is 13.0. The van der Waals surface area contributed by atoms with Gasteiger partial charge in [0.15, 0.2) is 5.43 Å². The maximum Gasteiger partial charge on any atom is 0.296 e. The van der Waals surface area contributed by atoms with Gasteiger partial charge in [0.25, 0.3) is 11.6 Å². The van der Waals surface area contributed by atoms with Crippen molar-refractivity contribution in [1.29, 1.82) is 0 Å². The molecule has 1 amide bonds. The van der Waals surface area contributed by atoms with Crippen molar-refractivity contribution in [2.45, 2.75) is 6.04 Å². The van der Waals surface area contributed by atoms with E-state index in [1.54, 1.807) is 18.2 Å². The lowest BCUT2D eigenvalue weighted by atomic mass is 9.98. The molecule has 0 bridgehead atoms. The van der Waals surface area contributed by atoms with Crippen molar-refractivity contribution < 1.29 is 18.5 Å². The molecule has 0 saturated heterocycles. The van der Waals surface area contributed by atoms with Gasteiger partial charge < -0.3 is 4.42 Å². The van der Waals surface area contributed by atoms with Gasteiger partial charge in [0.05, 0.1) is 21.9 Å². The molecule has 31 heavy (non-hydrogen) atoms. The normalized spacial score (nSPS) is 15.3. The molecule has 0 radical (unpaired) electrons. The van der Waals surface area contributed by atoms with Gasteiger partial charge in [-0.05, 0) is 48.0 Å². The number of nitro groups is 1. The number of amides is 1. The van der Waals surface area contributed by atoms with E-state index in [0.717, 1.165) is 12.1 Å². The number of nitrogens with zero attached hydrogens (tertiary/aromatic N) is 3. The Morgan fingerprint density at radius 1 is 1.06 bits per heavy atom. The third-order valence-electron chi connectivity index (χ3n) is 5.15. The molecule has 0 N–H and O–H groups in total. The summed E-state index contributed by atoms with van der Waals surface area (Å²) in [6.07, 6.45) is 1.50. The van der Waals surface area contributed by atoms with E-state index in [-0.39, 0.29) is 33.8 Å². The summed E-state index contributed by atoms with van der Waals surface area (Å²) in [7, 11) is 0. The van der Waals surface area contributed by atoms with Crippen LogP contribution >= 0.6 is 0 Å². The Labute approximate surface area is 173 Å². The summed E-state index contributed by atoms with van der Waals surface area (Å²) in [6.45, 7) is 0. The van der Waals surface area contributed by atoms with Crippen LogP contribution in [0.3, 0.4) is 0 Å². The first-order valence-corrected chi connectivity index (χ1v) is 9.21. The molecular weight excluding hydrogens is 405 g/mol. The number of anilines is 1. The predicted molar refractivity (Wildman–Crippen MR) is 108 cm³/mol. The highest BCUT2D eigenvalue weighted by Crippen LogP contribution is 2.40. The van der Waals surface area contributed by atoms with Crippen molar-refractivity contribution in [3.8, 4) is 0 Å². The van der Waals surface area contributed by atoms with E-state index >= 15 is 0 Å². The van der Waals surface area contributed by atoms with Gasteiger partial charge >= 0.3 is 0 Å². The fraction of sp³-hybridized carbons (Fsp3) is 0.0455. The second-order valence-electron chi connectivity index (χ2n) is 6.93. The number of halogens is 1. The Hall–Kier alpha value is -4.40. The van der Waals surface area contributed by atoms with Crippen LogP contribution in [0.2, 0.25) is 0 Å². The van der Waals surface area contributed by atoms with Gasteiger partial charge in [0.2, 0.25) is 5.76 Å². The standard InChI is InChI=1S/C22H12FN3O5/c23-13-6-9-16-15(11-13)20(27)18-19(12-4-7-14(8-5-12)26(29)30)25(22(28)21(18)31-16)17-3-1-2-10-24-17/h1-11,19H. The molecule has 4 aromatic rings. The summed E-state index contributed by atoms with van der Waals surface area (Å²) >= 11 is 0. The fourth-order valence-electron chi connectivity index (χ4n) is 3.77. The molecule has 1 aliphatic rings. The van der Waals surface area contributed by atoms with E-state index in [4.69, 9.17) is 4.42 Å². The Morgan fingerprint density at radius 3 is 2.52 bits per heavy atom. The number of nitro benzene ring substituents is 1. The lowest BCUT2D eigenvalue weighted by molar-refractivity contribution is -0.384. The lowest BCUT2D eigenvalue weighted by Crippen LogP contribution is -2.30. The number of non-ortho nitro benzene ring substituents is 1. The van der Waals surface area contributed by atoms with Gasteiger partial charge in [-0.2, -0.15) is 0 Å². The van der Waals surface area contributed by atoms with Crippen LogP contribution in [0, 0.1) is 15.9 Å². The van der Waals surface area contributed by atoms with Crippen molar-refractivity contribution in [2.75, 3.05) is 4.90 Å². The van der Waals surface area contributed by atoms with Gasteiger partial charge in [0.1, 0.15) is 17.2 Å². The van der Waals surface area contributed by atoms with E-state index in [0.29, 0.717) is 5.56 Å². The molecule has 0 fully saturated rings. The molecular formula is C22H12FN3O5. The van der Waals surface area contributed by atoms with Crippen molar-refractivity contribution in [3.63, 3.8) is 0 Å². The average Bonchev–Trinajstić information content (AvgIpc) is 3.07. The van der Waals surface area contributed by atoms with Crippen LogP contribution in [-0.2, 0) is 0 Å². The number of fused-ring (bicyclic) bond motifs is 2. The van der Waals surface area contributed by atoms with Crippen LogP contribution in [0.15, 0.2) is 76.1 Å². The maximum atomic E-state index is 13.8. The Morgan fingerprint density at radius 2 is 1.84 bits per heavy atom. The zero-order chi connectivity index (χ0) is 21.7. The Balaban J connectivity index is 1.79. The second-order valence-corrected chi connectivity index (χ2v) is 6.93. The average molecular weight is 417 g/mol. The predicted octanol–water partition coefficient (Wildman–Crippen LogP) is 3.99. The summed E-state index contributed by atoms with van der Waals surface area (Å²) in [5.41, 5.74) is -0.117. The summed E-state index contributed by atoms with van der Waals surface area (Å²) in [5.74, 6) is -1.09. The van der Waals surface area contributed by atoms with Gasteiger partial charge in [-0.25, -0.2) is 9.37 Å². The molecule has 0 spiro atoms. The van der Waals surface area contributed by atoms with Crippen LogP contribution in [-0.4, -0.2) is 15.8 Å². The first-order chi connectivity index (χ1) is 15.0. The molecule has 8 nitrogen and oxygen atoms in total. The van der Waals surface area contributed by atoms with Crippen LogP contribution < -0.4 is 10.3 Å². The molecule has 0 aliphatic carbocycles. The van der Waals surface area contributed by atoms with Crippen molar-refractivity contribution >= 4 is 28.4 Å². The fourth-order valence-corrected chi connectivity index (χ4v) is 3.77. The Kier molecular flexibility index (Phi) is 4.11. The minimum Gasteiger partial charge on any atom is -0.450 e. The highest BCUT2D eigenvalue weighted by Gasteiger charge is 2.44. The molecule has 1 aliphatic heterocycles. The number of pyridine rings is 1. The molecule has 152 valence electrons. The highest BCUT2D eigenvalue weighted by molar-refractivity contribution is 6.10. The van der Waals surface area contributed by atoms with Crippen molar-refractivity contribution in [3.05, 3.63) is 110 Å². The van der Waals surface area contributed by atoms with E-state index in [2.05, 4.69) is 4.98 Å². The number of aromatic nitrogens is 1. The molecule has 0 saturated carbocycles. The van der Waals surface area contributed by atoms with Crippen LogP contribution in [0.4, 0.5) is 15.9 Å². The monoisotopic (exact) mass is 417 g/mol. The first kappa shape index (κ1) is 18.6. The maximum absolute atomic E-state index is 13.8. The molecule has 3 heterocycles. The van der Waals surface area contributed by atoms with Crippen molar-refractivity contribution in [1.82, 2.24) is 4.98 Å². The van der Waals surface area contributed by atoms with Crippen molar-refractivity contribution in [2.24, 2.45) is 0 Å². The van der Waals surface area contributed by atoms with Crippen LogP contribution in [0.1, 0.15) is 27.7 Å². The smallest absolute Gasteiger partial charge is 0.296 e. The minimum atomic E-state index is -0.942. The number of rotatable bonds is 3. The molecule has 1 unspecified atom stereocenters. The van der Waals surface area contributed by atoms with Gasteiger partial charge in [-0.15, -0.1) is 0 Å². The minimum absolute atomic E-state index is 0.00123. The number of hydrogen-bond acceptors (Lipinski definition) is 6. The zero-order valence-electron chi connectivity index (χ0n) is 15.7. The molecule has 2 aromatic carbocycles. The second kappa shape index (κ2) is 6.84. The SMILES string of the molecule is O=C1c2oc3ccc(F)cc3c(=O)c2C(c2ccc([N+](=O)[O-])cc2)N1c1ccccn1. The van der Waals surface area contributed by atoms with E-state index in [1.807, 2.05) is 0 Å². The number of hydrogen-bond donors (Lipinski definition) is 0. The lowest BCUT2D eigenvalue weighted by Gasteiger charge is -2.24. The van der Waals surface area contributed by atoms with Crippen LogP contribution in [0.25, 0.3) is 11.0 Å². The molecule has 9 heteroatoms. The summed E-state index contributed by atoms with van der Waals surface area (Å²) in [5, 5.41) is 11.0. The van der Waals surface area contributed by atoms with E-state index in [9.17, 15) is 24.1 Å². The largest absolute Gasteiger partial charge is 0.450 e. The Bertz CT molecular complexity index is 1420. The topological polar surface area (TPSA) is 107 Å². The highest BCUT2D eigenvalue weighted by atomic mass is 19.1. The first-order valence-electron chi connectivity index (χ1n) is 9.21. The quantitative estimate of drug-likeness (QED) is 0.369. The third-order valence-corrected chi connectivity index (χ3v) is 5.15. The van der Waals surface area contributed by atoms with Gasteiger partial charge in [-0.3, -0.25) is 24.6 Å². The molecule has 2 aromatic heterocycles. The number of benzene rings is 2. The number of carbonyl (C=O) groups excluding carboxylic acids is 1. The van der Waals surface area contributed by atoms with Gasteiger partial charge in [0, 0.05) is 18.3 Å². The molecule has 5 rings (SSSR count). The third kappa shape index (κ3) is 2.86. The van der Waals surface area contributed by atoms with E-state index < -0.39 is 28.1 Å². The number of carbonyl (C=O) groups is 1. The van der Waals surface area contributed by atoms with Gasteiger partial charge in [-0.1, -0.05) is 6.07 Å². The van der Waals surface area contributed by atoms with E-state index in [1.165, 1.54) is 41.4 Å². The zero-order valence-corrected chi connectivity index (χ0v) is 15.7. The summed E-state index contributed by atoms with van der Waals surface area (Å²) < 4.78 is 19.5.